The van der Waals surface area contributed by atoms with Gasteiger partial charge in [0.15, 0.2) is 0 Å². The van der Waals surface area contributed by atoms with E-state index in [-0.39, 0.29) is 0 Å². The van der Waals surface area contributed by atoms with E-state index in [0.29, 0.717) is 0 Å². The molecule has 2 aromatic heterocycles. The molecular formula is C18H14N4. The summed E-state index contributed by atoms with van der Waals surface area (Å²) < 4.78 is 1.88. The molecular weight excluding hydrogens is 272 g/mol. The van der Waals surface area contributed by atoms with E-state index in [1.165, 1.54) is 0 Å². The summed E-state index contributed by atoms with van der Waals surface area (Å²) in [6.45, 7) is 1.94. The van der Waals surface area contributed by atoms with E-state index in [1.807, 2.05) is 78.5 Å². The minimum atomic E-state index is 0.837. The normalized spacial score (nSPS) is 11.0. The quantitative estimate of drug-likeness (QED) is 0.563. The van der Waals surface area contributed by atoms with Crippen LogP contribution in [0, 0.1) is 6.92 Å². The molecule has 0 amide bonds. The van der Waals surface area contributed by atoms with Crippen LogP contribution in [0.3, 0.4) is 0 Å². The van der Waals surface area contributed by atoms with Crippen LogP contribution in [0.4, 0.5) is 0 Å². The zero-order valence-electron chi connectivity index (χ0n) is 12.1. The number of hydrogen-bond acceptors (Lipinski definition) is 3. The van der Waals surface area contributed by atoms with Crippen LogP contribution in [0.1, 0.15) is 5.69 Å². The van der Waals surface area contributed by atoms with E-state index >= 15 is 0 Å². The van der Waals surface area contributed by atoms with Crippen molar-refractivity contribution in [3.63, 3.8) is 0 Å². The van der Waals surface area contributed by atoms with Gasteiger partial charge in [0.1, 0.15) is 11.2 Å². The van der Waals surface area contributed by atoms with E-state index in [9.17, 15) is 0 Å². The Kier molecular flexibility index (Phi) is 2.93. The lowest BCUT2D eigenvalue weighted by atomic mass is 10.1. The largest absolute Gasteiger partial charge is 0.240 e. The number of para-hydroxylation sites is 1. The Balaban J connectivity index is 1.97. The fourth-order valence-corrected chi connectivity index (χ4v) is 2.56. The van der Waals surface area contributed by atoms with E-state index in [0.717, 1.165) is 33.5 Å². The molecule has 2 heterocycles. The van der Waals surface area contributed by atoms with Crippen LogP contribution in [0.25, 0.3) is 27.8 Å². The molecule has 2 aromatic carbocycles. The lowest BCUT2D eigenvalue weighted by Gasteiger charge is -2.01. The molecule has 0 aliphatic rings. The Morgan fingerprint density at radius 3 is 2.23 bits per heavy atom. The summed E-state index contributed by atoms with van der Waals surface area (Å²) in [5.74, 6) is 0. The molecule has 0 saturated heterocycles. The van der Waals surface area contributed by atoms with E-state index in [1.54, 1.807) is 0 Å². The summed E-state index contributed by atoms with van der Waals surface area (Å²) in [5, 5.41) is 14.3. The van der Waals surface area contributed by atoms with Gasteiger partial charge in [0.05, 0.1) is 16.8 Å². The summed E-state index contributed by atoms with van der Waals surface area (Å²) in [7, 11) is 0. The summed E-state index contributed by atoms with van der Waals surface area (Å²) in [5.41, 5.74) is 4.66. The van der Waals surface area contributed by atoms with Crippen LogP contribution in [0.5, 0.6) is 0 Å². The second-order valence-corrected chi connectivity index (χ2v) is 5.17. The smallest absolute Gasteiger partial charge is 0.118 e. The first kappa shape index (κ1) is 12.7. The third-order valence-electron chi connectivity index (χ3n) is 3.68. The molecule has 0 atom stereocenters. The van der Waals surface area contributed by atoms with Gasteiger partial charge in [0, 0.05) is 11.8 Å². The first-order valence-corrected chi connectivity index (χ1v) is 7.16. The lowest BCUT2D eigenvalue weighted by molar-refractivity contribution is 0.891. The van der Waals surface area contributed by atoms with E-state index < -0.39 is 0 Å². The number of aryl methyl sites for hydroxylation is 1. The van der Waals surface area contributed by atoms with Crippen molar-refractivity contribution in [2.24, 2.45) is 0 Å². The molecule has 0 fully saturated rings. The van der Waals surface area contributed by atoms with Gasteiger partial charge in [-0.3, -0.25) is 0 Å². The standard InChI is InChI=1S/C18H14N4/c1-13-17-16(12-22(21-17)15-10-6-3-7-11-15)18(20-19-13)14-8-4-2-5-9-14/h2-12H,1H3. The molecule has 4 aromatic rings. The Morgan fingerprint density at radius 1 is 0.818 bits per heavy atom. The van der Waals surface area contributed by atoms with Crippen molar-refractivity contribution >= 4 is 10.9 Å². The monoisotopic (exact) mass is 286 g/mol. The fraction of sp³-hybridized carbons (Fsp3) is 0.0556. The van der Waals surface area contributed by atoms with Crippen LogP contribution < -0.4 is 0 Å². The van der Waals surface area contributed by atoms with Crippen LogP contribution in [0.2, 0.25) is 0 Å². The maximum absolute atomic E-state index is 4.68. The topological polar surface area (TPSA) is 43.6 Å². The molecule has 22 heavy (non-hydrogen) atoms. The summed E-state index contributed by atoms with van der Waals surface area (Å²) in [4.78, 5) is 0. The Bertz CT molecular complexity index is 927. The number of fused-ring (bicyclic) bond motifs is 1. The fourth-order valence-electron chi connectivity index (χ4n) is 2.56. The molecule has 0 radical (unpaired) electrons. The number of rotatable bonds is 2. The van der Waals surface area contributed by atoms with Crippen LogP contribution >= 0.6 is 0 Å². The van der Waals surface area contributed by atoms with E-state index in [2.05, 4.69) is 15.3 Å². The number of aromatic nitrogens is 4. The van der Waals surface area contributed by atoms with Crippen molar-refractivity contribution in [3.05, 3.63) is 72.6 Å². The SMILES string of the molecule is Cc1nnc(-c2ccccc2)c2cn(-c3ccccc3)nc12. The van der Waals surface area contributed by atoms with Gasteiger partial charge in [-0.05, 0) is 19.1 Å². The van der Waals surface area contributed by atoms with Crippen LogP contribution in [0.15, 0.2) is 66.9 Å². The van der Waals surface area contributed by atoms with Gasteiger partial charge in [-0.2, -0.15) is 10.2 Å². The van der Waals surface area contributed by atoms with Crippen LogP contribution in [-0.4, -0.2) is 20.0 Å². The molecule has 0 unspecified atom stereocenters. The van der Waals surface area contributed by atoms with Crippen molar-refractivity contribution in [1.82, 2.24) is 20.0 Å². The predicted molar refractivity (Wildman–Crippen MR) is 86.8 cm³/mol. The Morgan fingerprint density at radius 2 is 1.50 bits per heavy atom. The summed E-state index contributed by atoms with van der Waals surface area (Å²) in [6, 6.07) is 20.2. The van der Waals surface area contributed by atoms with Crippen molar-refractivity contribution in [2.75, 3.05) is 0 Å². The van der Waals surface area contributed by atoms with Crippen molar-refractivity contribution < 1.29 is 0 Å². The first-order chi connectivity index (χ1) is 10.8. The molecule has 0 saturated carbocycles. The number of nitrogens with zero attached hydrogens (tertiary/aromatic N) is 4. The molecule has 0 aliphatic carbocycles. The molecule has 106 valence electrons. The Hall–Kier alpha value is -3.01. The third kappa shape index (κ3) is 2.05. The number of hydrogen-bond donors (Lipinski definition) is 0. The highest BCUT2D eigenvalue weighted by molar-refractivity contribution is 5.93. The van der Waals surface area contributed by atoms with Gasteiger partial charge in [0.2, 0.25) is 0 Å². The number of benzene rings is 2. The van der Waals surface area contributed by atoms with Crippen molar-refractivity contribution in [2.45, 2.75) is 6.92 Å². The molecule has 0 aliphatic heterocycles. The maximum atomic E-state index is 4.68. The predicted octanol–water partition coefficient (Wildman–Crippen LogP) is 3.79. The van der Waals surface area contributed by atoms with Gasteiger partial charge < -0.3 is 0 Å². The molecule has 4 heteroatoms. The van der Waals surface area contributed by atoms with Gasteiger partial charge in [-0.25, -0.2) is 4.68 Å². The average molecular weight is 286 g/mol. The average Bonchev–Trinajstić information content (AvgIpc) is 3.03. The van der Waals surface area contributed by atoms with Crippen LogP contribution in [-0.2, 0) is 0 Å². The van der Waals surface area contributed by atoms with Crippen molar-refractivity contribution in [1.29, 1.82) is 0 Å². The summed E-state index contributed by atoms with van der Waals surface area (Å²) in [6.07, 6.45) is 2.02. The molecule has 4 rings (SSSR count). The van der Waals surface area contributed by atoms with Gasteiger partial charge in [-0.1, -0.05) is 48.5 Å². The third-order valence-corrected chi connectivity index (χ3v) is 3.68. The van der Waals surface area contributed by atoms with Gasteiger partial charge >= 0.3 is 0 Å². The Labute approximate surface area is 128 Å². The lowest BCUT2D eigenvalue weighted by Crippen LogP contribution is -1.94. The van der Waals surface area contributed by atoms with E-state index in [4.69, 9.17) is 0 Å². The molecule has 0 N–H and O–H groups in total. The van der Waals surface area contributed by atoms with Gasteiger partial charge in [0.25, 0.3) is 0 Å². The second-order valence-electron chi connectivity index (χ2n) is 5.17. The molecule has 0 bridgehead atoms. The van der Waals surface area contributed by atoms with Gasteiger partial charge in [-0.15, -0.1) is 5.10 Å². The maximum Gasteiger partial charge on any atom is 0.118 e. The molecule has 4 nitrogen and oxygen atoms in total. The van der Waals surface area contributed by atoms with Crippen molar-refractivity contribution in [3.8, 4) is 16.9 Å². The highest BCUT2D eigenvalue weighted by atomic mass is 15.3. The zero-order valence-corrected chi connectivity index (χ0v) is 12.1. The first-order valence-electron chi connectivity index (χ1n) is 7.16. The molecule has 0 spiro atoms. The minimum absolute atomic E-state index is 0.837. The second kappa shape index (κ2) is 5.07. The zero-order chi connectivity index (χ0) is 14.9. The highest BCUT2D eigenvalue weighted by Crippen LogP contribution is 2.27. The minimum Gasteiger partial charge on any atom is -0.240 e. The summed E-state index contributed by atoms with van der Waals surface area (Å²) >= 11 is 0. The highest BCUT2D eigenvalue weighted by Gasteiger charge is 2.13.